The van der Waals surface area contributed by atoms with Gasteiger partial charge in [0.2, 0.25) is 0 Å². The molecule has 1 fully saturated rings. The van der Waals surface area contributed by atoms with Crippen molar-refractivity contribution in [3.63, 3.8) is 0 Å². The molecule has 1 N–H and O–H groups in total. The number of rotatable bonds is 3. The molecule has 1 aromatic rings. The van der Waals surface area contributed by atoms with Crippen molar-refractivity contribution in [2.24, 2.45) is 0 Å². The van der Waals surface area contributed by atoms with Crippen molar-refractivity contribution in [3.8, 4) is 0 Å². The van der Waals surface area contributed by atoms with Crippen LogP contribution < -0.4 is 5.32 Å². The molecule has 0 unspecified atom stereocenters. The maximum Gasteiger partial charge on any atom is 0.251 e. The standard InChI is InChI=1S/C13H18N2OS/c1-13(2,3)17-11-8-9(6-7-14-11)12(16)15-10-4-5-10/h6-8,10H,4-5H2,1-3H3,(H,15,16). The minimum atomic E-state index is 0.0191. The van der Waals surface area contributed by atoms with Gasteiger partial charge >= 0.3 is 0 Å². The van der Waals surface area contributed by atoms with Crippen LogP contribution in [-0.4, -0.2) is 21.7 Å². The third kappa shape index (κ3) is 4.04. The van der Waals surface area contributed by atoms with E-state index in [4.69, 9.17) is 0 Å². The summed E-state index contributed by atoms with van der Waals surface area (Å²) in [5.41, 5.74) is 0.707. The molecule has 2 rings (SSSR count). The summed E-state index contributed by atoms with van der Waals surface area (Å²) in [6.45, 7) is 6.41. The van der Waals surface area contributed by atoms with Gasteiger partial charge in [-0.15, -0.1) is 11.8 Å². The van der Waals surface area contributed by atoms with Gasteiger partial charge in [0, 0.05) is 22.5 Å². The molecule has 0 aliphatic heterocycles. The third-order valence-electron chi connectivity index (χ3n) is 2.32. The van der Waals surface area contributed by atoms with Gasteiger partial charge < -0.3 is 5.32 Å². The van der Waals surface area contributed by atoms with E-state index in [-0.39, 0.29) is 10.7 Å². The van der Waals surface area contributed by atoms with Crippen LogP contribution in [-0.2, 0) is 0 Å². The SMILES string of the molecule is CC(C)(C)Sc1cc(C(=O)NC2CC2)ccn1. The maximum atomic E-state index is 11.9. The number of thioether (sulfide) groups is 1. The minimum absolute atomic E-state index is 0.0191. The number of pyridine rings is 1. The molecule has 1 saturated carbocycles. The zero-order valence-electron chi connectivity index (χ0n) is 10.5. The van der Waals surface area contributed by atoms with E-state index >= 15 is 0 Å². The largest absolute Gasteiger partial charge is 0.349 e. The molecule has 1 aliphatic rings. The van der Waals surface area contributed by atoms with Crippen molar-refractivity contribution in [2.45, 2.75) is 49.4 Å². The fraction of sp³-hybridized carbons (Fsp3) is 0.538. The lowest BCUT2D eigenvalue weighted by Gasteiger charge is -2.16. The molecular weight excluding hydrogens is 232 g/mol. The van der Waals surface area contributed by atoms with Crippen molar-refractivity contribution in [1.82, 2.24) is 10.3 Å². The topological polar surface area (TPSA) is 42.0 Å². The summed E-state index contributed by atoms with van der Waals surface area (Å²) < 4.78 is 0.110. The number of amides is 1. The average molecular weight is 250 g/mol. The highest BCUT2D eigenvalue weighted by Gasteiger charge is 2.24. The van der Waals surface area contributed by atoms with Gasteiger partial charge in [-0.2, -0.15) is 0 Å². The van der Waals surface area contributed by atoms with Gasteiger partial charge in [-0.05, 0) is 25.0 Å². The number of nitrogens with zero attached hydrogens (tertiary/aromatic N) is 1. The molecule has 0 aromatic carbocycles. The first-order chi connectivity index (χ1) is 7.94. The minimum Gasteiger partial charge on any atom is -0.349 e. The summed E-state index contributed by atoms with van der Waals surface area (Å²) in [5.74, 6) is 0.0191. The summed E-state index contributed by atoms with van der Waals surface area (Å²) in [5, 5.41) is 3.89. The van der Waals surface area contributed by atoms with Crippen LogP contribution in [0.3, 0.4) is 0 Å². The molecule has 0 atom stereocenters. The van der Waals surface area contributed by atoms with E-state index in [0.29, 0.717) is 11.6 Å². The predicted molar refractivity (Wildman–Crippen MR) is 70.3 cm³/mol. The van der Waals surface area contributed by atoms with Crippen molar-refractivity contribution in [1.29, 1.82) is 0 Å². The summed E-state index contributed by atoms with van der Waals surface area (Å²) in [6.07, 6.45) is 3.93. The van der Waals surface area contributed by atoms with Gasteiger partial charge in [-0.1, -0.05) is 20.8 Å². The van der Waals surface area contributed by atoms with Crippen LogP contribution in [0.15, 0.2) is 23.4 Å². The summed E-state index contributed by atoms with van der Waals surface area (Å²) >= 11 is 1.68. The fourth-order valence-electron chi connectivity index (χ4n) is 1.42. The van der Waals surface area contributed by atoms with Gasteiger partial charge in [0.25, 0.3) is 5.91 Å². The first kappa shape index (κ1) is 12.4. The lowest BCUT2D eigenvalue weighted by Crippen LogP contribution is -2.25. The Kier molecular flexibility index (Phi) is 3.43. The number of hydrogen-bond donors (Lipinski definition) is 1. The highest BCUT2D eigenvalue weighted by atomic mass is 32.2. The van der Waals surface area contributed by atoms with Crippen molar-refractivity contribution >= 4 is 17.7 Å². The maximum absolute atomic E-state index is 11.9. The van der Waals surface area contributed by atoms with Crippen LogP contribution in [0, 0.1) is 0 Å². The first-order valence-corrected chi connectivity index (χ1v) is 6.72. The summed E-state index contributed by atoms with van der Waals surface area (Å²) in [7, 11) is 0. The van der Waals surface area contributed by atoms with E-state index in [9.17, 15) is 4.79 Å². The van der Waals surface area contributed by atoms with Gasteiger partial charge in [-0.3, -0.25) is 4.79 Å². The number of hydrogen-bond acceptors (Lipinski definition) is 3. The fourth-order valence-corrected chi connectivity index (χ4v) is 2.34. The molecule has 4 heteroatoms. The molecule has 17 heavy (non-hydrogen) atoms. The van der Waals surface area contributed by atoms with Crippen LogP contribution in [0.4, 0.5) is 0 Å². The number of aromatic nitrogens is 1. The van der Waals surface area contributed by atoms with Crippen molar-refractivity contribution in [2.75, 3.05) is 0 Å². The molecule has 1 heterocycles. The zero-order valence-corrected chi connectivity index (χ0v) is 11.3. The Morgan fingerprint density at radius 1 is 1.47 bits per heavy atom. The van der Waals surface area contributed by atoms with Gasteiger partial charge in [-0.25, -0.2) is 4.98 Å². The molecule has 3 nitrogen and oxygen atoms in total. The van der Waals surface area contributed by atoms with E-state index in [1.165, 1.54) is 0 Å². The molecule has 0 radical (unpaired) electrons. The molecule has 1 amide bonds. The highest BCUT2D eigenvalue weighted by molar-refractivity contribution is 8.00. The molecular formula is C13H18N2OS. The number of nitrogens with one attached hydrogen (secondary N) is 1. The monoisotopic (exact) mass is 250 g/mol. The smallest absolute Gasteiger partial charge is 0.251 e. The third-order valence-corrected chi connectivity index (χ3v) is 3.37. The van der Waals surface area contributed by atoms with Gasteiger partial charge in [0.05, 0.1) is 5.03 Å². The van der Waals surface area contributed by atoms with Crippen LogP contribution >= 0.6 is 11.8 Å². The van der Waals surface area contributed by atoms with Crippen LogP contribution in [0.2, 0.25) is 0 Å². The zero-order chi connectivity index (χ0) is 12.5. The predicted octanol–water partition coefficient (Wildman–Crippen LogP) is 2.86. The second-order valence-corrected chi connectivity index (χ2v) is 7.19. The Bertz CT molecular complexity index is 422. The first-order valence-electron chi connectivity index (χ1n) is 5.90. The molecule has 92 valence electrons. The highest BCUT2D eigenvalue weighted by Crippen LogP contribution is 2.30. The van der Waals surface area contributed by atoms with E-state index in [1.54, 1.807) is 24.0 Å². The molecule has 0 spiro atoms. The van der Waals surface area contributed by atoms with Gasteiger partial charge in [0.1, 0.15) is 0 Å². The van der Waals surface area contributed by atoms with Crippen molar-refractivity contribution in [3.05, 3.63) is 23.9 Å². The lowest BCUT2D eigenvalue weighted by molar-refractivity contribution is 0.0950. The second kappa shape index (κ2) is 4.69. The van der Waals surface area contributed by atoms with E-state index < -0.39 is 0 Å². The van der Waals surface area contributed by atoms with Crippen molar-refractivity contribution < 1.29 is 4.79 Å². The molecule has 0 saturated heterocycles. The Morgan fingerprint density at radius 2 is 2.18 bits per heavy atom. The van der Waals surface area contributed by atoms with Crippen LogP contribution in [0.5, 0.6) is 0 Å². The number of carbonyl (C=O) groups is 1. The normalized spacial score (nSPS) is 15.7. The molecule has 1 aliphatic carbocycles. The van der Waals surface area contributed by atoms with E-state index in [0.717, 1.165) is 17.9 Å². The van der Waals surface area contributed by atoms with E-state index in [2.05, 4.69) is 31.1 Å². The quantitative estimate of drug-likeness (QED) is 0.839. The van der Waals surface area contributed by atoms with Crippen LogP contribution in [0.1, 0.15) is 44.0 Å². The Balaban J connectivity index is 2.07. The Labute approximate surface area is 106 Å². The lowest BCUT2D eigenvalue weighted by atomic mass is 10.2. The molecule has 1 aromatic heterocycles. The number of carbonyl (C=O) groups excluding carboxylic acids is 1. The second-order valence-electron chi connectivity index (χ2n) is 5.34. The Morgan fingerprint density at radius 3 is 2.76 bits per heavy atom. The molecule has 0 bridgehead atoms. The Hall–Kier alpha value is -1.03. The average Bonchev–Trinajstić information content (AvgIpc) is 2.99. The van der Waals surface area contributed by atoms with Crippen LogP contribution in [0.25, 0.3) is 0 Å². The van der Waals surface area contributed by atoms with Gasteiger partial charge in [0.15, 0.2) is 0 Å². The summed E-state index contributed by atoms with van der Waals surface area (Å²) in [4.78, 5) is 16.1. The summed E-state index contributed by atoms with van der Waals surface area (Å²) in [6, 6.07) is 4.03. The van der Waals surface area contributed by atoms with E-state index in [1.807, 2.05) is 6.07 Å².